The molecule has 0 aliphatic carbocycles. The average molecular weight is 209 g/mol. The van der Waals surface area contributed by atoms with Gasteiger partial charge in [0.2, 0.25) is 5.95 Å². The predicted molar refractivity (Wildman–Crippen MR) is 65.2 cm³/mol. The van der Waals surface area contributed by atoms with Gasteiger partial charge in [0, 0.05) is 25.0 Å². The second kappa shape index (κ2) is 6.49. The van der Waals surface area contributed by atoms with E-state index in [9.17, 15) is 0 Å². The third-order valence-electron chi connectivity index (χ3n) is 2.54. The number of aromatic nitrogens is 2. The molecule has 86 valence electrons. The van der Waals surface area contributed by atoms with Gasteiger partial charge < -0.3 is 9.88 Å². The van der Waals surface area contributed by atoms with Crippen molar-refractivity contribution >= 4 is 5.95 Å². The molecule has 0 spiro atoms. The van der Waals surface area contributed by atoms with Crippen molar-refractivity contribution in [1.82, 2.24) is 9.55 Å². The van der Waals surface area contributed by atoms with Crippen LogP contribution in [0.3, 0.4) is 0 Å². The molecule has 1 rings (SSSR count). The van der Waals surface area contributed by atoms with E-state index in [0.29, 0.717) is 6.04 Å². The molecule has 0 fully saturated rings. The second-order valence-corrected chi connectivity index (χ2v) is 4.24. The molecule has 0 saturated heterocycles. The number of nitrogens with zero attached hydrogens (tertiary/aromatic N) is 2. The molecule has 1 aromatic heterocycles. The van der Waals surface area contributed by atoms with Crippen molar-refractivity contribution in [2.24, 2.45) is 0 Å². The highest BCUT2D eigenvalue weighted by molar-refractivity contribution is 5.26. The zero-order valence-electron chi connectivity index (χ0n) is 10.2. The minimum atomic E-state index is 0.477. The number of imidazole rings is 1. The average Bonchev–Trinajstić information content (AvgIpc) is 2.66. The molecule has 0 aromatic carbocycles. The van der Waals surface area contributed by atoms with E-state index < -0.39 is 0 Å². The maximum atomic E-state index is 4.31. The monoisotopic (exact) mass is 209 g/mol. The first-order valence-corrected chi connectivity index (χ1v) is 6.02. The van der Waals surface area contributed by atoms with Crippen LogP contribution in [-0.2, 0) is 0 Å². The van der Waals surface area contributed by atoms with E-state index in [1.54, 1.807) is 0 Å². The SMILES string of the molecule is CCCCCCNc1nccn1C(C)C. The number of rotatable bonds is 7. The van der Waals surface area contributed by atoms with Crippen LogP contribution in [0, 0.1) is 0 Å². The van der Waals surface area contributed by atoms with Gasteiger partial charge in [0.05, 0.1) is 0 Å². The Morgan fingerprint density at radius 1 is 1.33 bits per heavy atom. The summed E-state index contributed by atoms with van der Waals surface area (Å²) in [5.74, 6) is 1.00. The molecule has 0 amide bonds. The summed E-state index contributed by atoms with van der Waals surface area (Å²) in [4.78, 5) is 4.31. The van der Waals surface area contributed by atoms with Crippen LogP contribution in [0.25, 0.3) is 0 Å². The summed E-state index contributed by atoms with van der Waals surface area (Å²) < 4.78 is 2.17. The number of hydrogen-bond acceptors (Lipinski definition) is 2. The number of nitrogens with one attached hydrogen (secondary N) is 1. The van der Waals surface area contributed by atoms with Crippen LogP contribution in [0.15, 0.2) is 12.4 Å². The minimum absolute atomic E-state index is 0.477. The third kappa shape index (κ3) is 3.94. The van der Waals surface area contributed by atoms with Crippen LogP contribution in [0.5, 0.6) is 0 Å². The maximum absolute atomic E-state index is 4.31. The Morgan fingerprint density at radius 3 is 2.80 bits per heavy atom. The van der Waals surface area contributed by atoms with Crippen LogP contribution < -0.4 is 5.32 Å². The summed E-state index contributed by atoms with van der Waals surface area (Å²) in [6.07, 6.45) is 9.05. The predicted octanol–water partition coefficient (Wildman–Crippen LogP) is 3.46. The van der Waals surface area contributed by atoms with Gasteiger partial charge in [-0.3, -0.25) is 0 Å². The molecular formula is C12H23N3. The van der Waals surface area contributed by atoms with E-state index in [4.69, 9.17) is 0 Å². The molecule has 1 N–H and O–H groups in total. The lowest BCUT2D eigenvalue weighted by Crippen LogP contribution is -2.10. The zero-order valence-corrected chi connectivity index (χ0v) is 10.2. The van der Waals surface area contributed by atoms with Gasteiger partial charge in [-0.2, -0.15) is 0 Å². The standard InChI is InChI=1S/C12H23N3/c1-4-5-6-7-8-13-12-14-9-10-15(12)11(2)3/h9-11H,4-8H2,1-3H3,(H,13,14). The van der Waals surface area contributed by atoms with Crippen LogP contribution >= 0.6 is 0 Å². The van der Waals surface area contributed by atoms with Crippen molar-refractivity contribution < 1.29 is 0 Å². The molecule has 3 heteroatoms. The molecule has 0 atom stereocenters. The van der Waals surface area contributed by atoms with E-state index in [1.165, 1.54) is 25.7 Å². The molecular weight excluding hydrogens is 186 g/mol. The first-order valence-electron chi connectivity index (χ1n) is 6.02. The smallest absolute Gasteiger partial charge is 0.203 e. The Labute approximate surface area is 92.9 Å². The van der Waals surface area contributed by atoms with Gasteiger partial charge in [-0.15, -0.1) is 0 Å². The second-order valence-electron chi connectivity index (χ2n) is 4.24. The fourth-order valence-corrected chi connectivity index (χ4v) is 1.62. The normalized spacial score (nSPS) is 10.9. The van der Waals surface area contributed by atoms with E-state index in [0.717, 1.165) is 12.5 Å². The highest BCUT2D eigenvalue weighted by Crippen LogP contribution is 2.12. The lowest BCUT2D eigenvalue weighted by atomic mass is 10.2. The Balaban J connectivity index is 2.28. The van der Waals surface area contributed by atoms with Crippen LogP contribution in [-0.4, -0.2) is 16.1 Å². The van der Waals surface area contributed by atoms with E-state index in [1.807, 2.05) is 12.4 Å². The lowest BCUT2D eigenvalue weighted by Gasteiger charge is -2.12. The van der Waals surface area contributed by atoms with E-state index in [2.05, 4.69) is 35.6 Å². The zero-order chi connectivity index (χ0) is 11.1. The summed E-state index contributed by atoms with van der Waals surface area (Å²) in [6, 6.07) is 0.477. The van der Waals surface area contributed by atoms with E-state index >= 15 is 0 Å². The van der Waals surface area contributed by atoms with Crippen LogP contribution in [0.1, 0.15) is 52.5 Å². The number of anilines is 1. The van der Waals surface area contributed by atoms with Crippen LogP contribution in [0.2, 0.25) is 0 Å². The summed E-state index contributed by atoms with van der Waals surface area (Å²) in [5.41, 5.74) is 0. The summed E-state index contributed by atoms with van der Waals surface area (Å²) in [6.45, 7) is 7.61. The summed E-state index contributed by atoms with van der Waals surface area (Å²) in [7, 11) is 0. The van der Waals surface area contributed by atoms with Gasteiger partial charge in [0.25, 0.3) is 0 Å². The third-order valence-corrected chi connectivity index (χ3v) is 2.54. The van der Waals surface area contributed by atoms with Gasteiger partial charge in [0.1, 0.15) is 0 Å². The lowest BCUT2D eigenvalue weighted by molar-refractivity contribution is 0.601. The van der Waals surface area contributed by atoms with Gasteiger partial charge >= 0.3 is 0 Å². The maximum Gasteiger partial charge on any atom is 0.203 e. The first kappa shape index (κ1) is 12.1. The topological polar surface area (TPSA) is 29.9 Å². The quantitative estimate of drug-likeness (QED) is 0.697. The molecule has 1 aromatic rings. The minimum Gasteiger partial charge on any atom is -0.356 e. The highest BCUT2D eigenvalue weighted by atomic mass is 15.2. The van der Waals surface area contributed by atoms with Crippen molar-refractivity contribution in [3.8, 4) is 0 Å². The van der Waals surface area contributed by atoms with E-state index in [-0.39, 0.29) is 0 Å². The Morgan fingerprint density at radius 2 is 2.13 bits per heavy atom. The molecule has 0 saturated carbocycles. The molecule has 0 unspecified atom stereocenters. The highest BCUT2D eigenvalue weighted by Gasteiger charge is 2.03. The van der Waals surface area contributed by atoms with Gasteiger partial charge in [-0.25, -0.2) is 4.98 Å². The van der Waals surface area contributed by atoms with Crippen molar-refractivity contribution in [2.45, 2.75) is 52.5 Å². The van der Waals surface area contributed by atoms with Gasteiger partial charge in [-0.05, 0) is 20.3 Å². The molecule has 0 aliphatic heterocycles. The molecule has 0 bridgehead atoms. The fourth-order valence-electron chi connectivity index (χ4n) is 1.62. The van der Waals surface area contributed by atoms with Gasteiger partial charge in [0.15, 0.2) is 0 Å². The molecule has 15 heavy (non-hydrogen) atoms. The van der Waals surface area contributed by atoms with Crippen molar-refractivity contribution in [3.63, 3.8) is 0 Å². The number of hydrogen-bond donors (Lipinski definition) is 1. The Bertz CT molecular complexity index is 266. The summed E-state index contributed by atoms with van der Waals surface area (Å²) >= 11 is 0. The molecule has 3 nitrogen and oxygen atoms in total. The van der Waals surface area contributed by atoms with Crippen LogP contribution in [0.4, 0.5) is 5.95 Å². The Kier molecular flexibility index (Phi) is 5.22. The molecule has 1 heterocycles. The Hall–Kier alpha value is -0.990. The summed E-state index contributed by atoms with van der Waals surface area (Å²) in [5, 5.41) is 3.39. The molecule has 0 aliphatic rings. The van der Waals surface area contributed by atoms with Gasteiger partial charge in [-0.1, -0.05) is 26.2 Å². The number of unbranched alkanes of at least 4 members (excludes halogenated alkanes) is 3. The van der Waals surface area contributed by atoms with Crippen molar-refractivity contribution in [2.75, 3.05) is 11.9 Å². The van der Waals surface area contributed by atoms with Crippen molar-refractivity contribution in [1.29, 1.82) is 0 Å². The molecule has 0 radical (unpaired) electrons. The first-order chi connectivity index (χ1) is 7.25. The van der Waals surface area contributed by atoms with Crippen molar-refractivity contribution in [3.05, 3.63) is 12.4 Å². The largest absolute Gasteiger partial charge is 0.356 e. The fraction of sp³-hybridized carbons (Fsp3) is 0.750.